The van der Waals surface area contributed by atoms with E-state index in [-0.39, 0.29) is 10.8 Å². The summed E-state index contributed by atoms with van der Waals surface area (Å²) >= 11 is 1.16. The summed E-state index contributed by atoms with van der Waals surface area (Å²) in [6, 6.07) is 5.45. The zero-order valence-corrected chi connectivity index (χ0v) is 10.7. The van der Waals surface area contributed by atoms with Crippen molar-refractivity contribution < 1.29 is 14.6 Å². The number of carboxylic acid groups (broad SMARTS) is 1. The second-order valence-corrected chi connectivity index (χ2v) is 4.75. The van der Waals surface area contributed by atoms with E-state index in [0.717, 1.165) is 28.2 Å². The van der Waals surface area contributed by atoms with Crippen molar-refractivity contribution in [2.45, 2.75) is 6.92 Å². The van der Waals surface area contributed by atoms with Gasteiger partial charge < -0.3 is 15.6 Å². The molecule has 94 valence electrons. The third-order valence-corrected chi connectivity index (χ3v) is 3.44. The summed E-state index contributed by atoms with van der Waals surface area (Å²) in [5.41, 5.74) is 7.26. The number of ether oxygens (including phenoxy) is 1. The fraction of sp³-hybridized carbons (Fsp3) is 0.167. The zero-order valence-electron chi connectivity index (χ0n) is 9.93. The number of aromatic nitrogens is 1. The largest absolute Gasteiger partial charge is 0.496 e. The van der Waals surface area contributed by atoms with E-state index in [1.807, 2.05) is 13.0 Å². The molecule has 3 N–H and O–H groups in total. The first kappa shape index (κ1) is 12.4. The number of carboxylic acids is 1. The minimum atomic E-state index is -1.08. The van der Waals surface area contributed by atoms with Crippen LogP contribution in [0.25, 0.3) is 10.4 Å². The number of thiazole rings is 1. The smallest absolute Gasteiger partial charge is 0.356 e. The van der Waals surface area contributed by atoms with Gasteiger partial charge in [0.25, 0.3) is 0 Å². The lowest BCUT2D eigenvalue weighted by molar-refractivity contribution is 0.0692. The summed E-state index contributed by atoms with van der Waals surface area (Å²) in [7, 11) is 1.59. The van der Waals surface area contributed by atoms with Crippen molar-refractivity contribution >= 4 is 22.4 Å². The molecule has 0 fully saturated rings. The van der Waals surface area contributed by atoms with Crippen molar-refractivity contribution in [1.82, 2.24) is 4.98 Å². The SMILES string of the molecule is COc1ccc(-c2sc(N)nc2C(=O)O)cc1C. The zero-order chi connectivity index (χ0) is 13.3. The molecule has 1 aromatic heterocycles. The maximum absolute atomic E-state index is 11.1. The van der Waals surface area contributed by atoms with Gasteiger partial charge in [-0.15, -0.1) is 0 Å². The van der Waals surface area contributed by atoms with Crippen LogP contribution in [0.1, 0.15) is 16.1 Å². The van der Waals surface area contributed by atoms with E-state index in [4.69, 9.17) is 15.6 Å². The Morgan fingerprint density at radius 3 is 2.78 bits per heavy atom. The van der Waals surface area contributed by atoms with Crippen molar-refractivity contribution in [2.24, 2.45) is 0 Å². The Morgan fingerprint density at radius 1 is 1.50 bits per heavy atom. The van der Waals surface area contributed by atoms with Crippen LogP contribution in [0, 0.1) is 6.92 Å². The normalized spacial score (nSPS) is 10.3. The molecule has 1 aromatic carbocycles. The minimum Gasteiger partial charge on any atom is -0.496 e. The molecule has 0 aliphatic rings. The number of nitrogen functional groups attached to an aromatic ring is 1. The monoisotopic (exact) mass is 264 g/mol. The van der Waals surface area contributed by atoms with Gasteiger partial charge in [-0.05, 0) is 36.2 Å². The molecule has 0 saturated heterocycles. The molecule has 1 heterocycles. The van der Waals surface area contributed by atoms with E-state index >= 15 is 0 Å². The molecule has 2 rings (SSSR count). The molecule has 0 aliphatic heterocycles. The molecule has 0 radical (unpaired) electrons. The maximum Gasteiger partial charge on any atom is 0.356 e. The van der Waals surface area contributed by atoms with Gasteiger partial charge in [0.1, 0.15) is 5.75 Å². The Bertz CT molecular complexity index is 607. The van der Waals surface area contributed by atoms with Crippen LogP contribution in [0.15, 0.2) is 18.2 Å². The summed E-state index contributed by atoms with van der Waals surface area (Å²) in [6.07, 6.45) is 0. The van der Waals surface area contributed by atoms with Crippen molar-refractivity contribution in [3.63, 3.8) is 0 Å². The van der Waals surface area contributed by atoms with Crippen LogP contribution in [0.4, 0.5) is 5.13 Å². The van der Waals surface area contributed by atoms with Crippen LogP contribution in [0.2, 0.25) is 0 Å². The first-order valence-electron chi connectivity index (χ1n) is 5.17. The lowest BCUT2D eigenvalue weighted by atomic mass is 10.1. The highest BCUT2D eigenvalue weighted by Gasteiger charge is 2.18. The number of nitrogens with two attached hydrogens (primary N) is 1. The van der Waals surface area contributed by atoms with E-state index < -0.39 is 5.97 Å². The molecule has 0 amide bonds. The Kier molecular flexibility index (Phi) is 3.20. The van der Waals surface area contributed by atoms with Gasteiger partial charge in [0.05, 0.1) is 12.0 Å². The molecule has 5 nitrogen and oxygen atoms in total. The van der Waals surface area contributed by atoms with Gasteiger partial charge in [0.2, 0.25) is 0 Å². The number of aromatic carboxylic acids is 1. The number of nitrogens with zero attached hydrogens (tertiary/aromatic N) is 1. The molecule has 0 unspecified atom stereocenters. The van der Waals surface area contributed by atoms with E-state index in [2.05, 4.69) is 4.98 Å². The number of aryl methyl sites for hydroxylation is 1. The van der Waals surface area contributed by atoms with E-state index in [1.165, 1.54) is 0 Å². The molecule has 0 saturated carbocycles. The molecular formula is C12H12N2O3S. The molecule has 0 bridgehead atoms. The fourth-order valence-corrected chi connectivity index (χ4v) is 2.52. The lowest BCUT2D eigenvalue weighted by Crippen LogP contribution is -1.99. The summed E-state index contributed by atoms with van der Waals surface area (Å²) in [5, 5.41) is 9.32. The standard InChI is InChI=1S/C12H12N2O3S/c1-6-5-7(3-4-8(6)17-2)10-9(11(15)16)14-12(13)18-10/h3-5H,1-2H3,(H2,13,14)(H,15,16). The summed E-state index contributed by atoms with van der Waals surface area (Å²) in [6.45, 7) is 1.90. The first-order chi connectivity index (χ1) is 8.52. The Morgan fingerprint density at radius 2 is 2.22 bits per heavy atom. The van der Waals surface area contributed by atoms with Gasteiger partial charge in [-0.25, -0.2) is 9.78 Å². The van der Waals surface area contributed by atoms with Crippen molar-refractivity contribution in [1.29, 1.82) is 0 Å². The number of hydrogen-bond acceptors (Lipinski definition) is 5. The average molecular weight is 264 g/mol. The minimum absolute atomic E-state index is 0.0120. The molecule has 0 spiro atoms. The lowest BCUT2D eigenvalue weighted by Gasteiger charge is -2.06. The third-order valence-electron chi connectivity index (χ3n) is 2.50. The molecule has 2 aromatic rings. The van der Waals surface area contributed by atoms with Crippen LogP contribution >= 0.6 is 11.3 Å². The highest BCUT2D eigenvalue weighted by molar-refractivity contribution is 7.19. The number of benzene rings is 1. The van der Waals surface area contributed by atoms with Crippen LogP contribution in [0.5, 0.6) is 5.75 Å². The summed E-state index contributed by atoms with van der Waals surface area (Å²) in [4.78, 5) is 15.5. The average Bonchev–Trinajstić information content (AvgIpc) is 2.71. The molecule has 0 atom stereocenters. The Labute approximate surface area is 108 Å². The predicted octanol–water partition coefficient (Wildman–Crippen LogP) is 2.41. The van der Waals surface area contributed by atoms with E-state index in [9.17, 15) is 4.79 Å². The number of rotatable bonds is 3. The van der Waals surface area contributed by atoms with Gasteiger partial charge >= 0.3 is 5.97 Å². The highest BCUT2D eigenvalue weighted by atomic mass is 32.1. The van der Waals surface area contributed by atoms with Gasteiger partial charge in [-0.2, -0.15) is 0 Å². The number of anilines is 1. The summed E-state index contributed by atoms with van der Waals surface area (Å²) in [5.74, 6) is -0.320. The first-order valence-corrected chi connectivity index (χ1v) is 5.99. The maximum atomic E-state index is 11.1. The quantitative estimate of drug-likeness (QED) is 0.889. The number of carbonyl (C=O) groups is 1. The Hall–Kier alpha value is -2.08. The molecule has 18 heavy (non-hydrogen) atoms. The van der Waals surface area contributed by atoms with Crippen molar-refractivity contribution in [3.8, 4) is 16.2 Å². The number of hydrogen-bond donors (Lipinski definition) is 2. The van der Waals surface area contributed by atoms with Crippen LogP contribution in [-0.2, 0) is 0 Å². The number of methoxy groups -OCH3 is 1. The topological polar surface area (TPSA) is 85.4 Å². The van der Waals surface area contributed by atoms with Gasteiger partial charge in [0.15, 0.2) is 10.8 Å². The van der Waals surface area contributed by atoms with Crippen molar-refractivity contribution in [2.75, 3.05) is 12.8 Å². The van der Waals surface area contributed by atoms with Crippen LogP contribution < -0.4 is 10.5 Å². The van der Waals surface area contributed by atoms with Crippen molar-refractivity contribution in [3.05, 3.63) is 29.5 Å². The second-order valence-electron chi connectivity index (χ2n) is 3.72. The fourth-order valence-electron chi connectivity index (χ4n) is 1.70. The van der Waals surface area contributed by atoms with Gasteiger partial charge in [0, 0.05) is 0 Å². The van der Waals surface area contributed by atoms with Gasteiger partial charge in [-0.3, -0.25) is 0 Å². The van der Waals surface area contributed by atoms with Crippen LogP contribution in [-0.4, -0.2) is 23.2 Å². The molecule has 0 aliphatic carbocycles. The third kappa shape index (κ3) is 2.14. The van der Waals surface area contributed by atoms with Crippen LogP contribution in [0.3, 0.4) is 0 Å². The predicted molar refractivity (Wildman–Crippen MR) is 70.2 cm³/mol. The van der Waals surface area contributed by atoms with E-state index in [0.29, 0.717) is 4.88 Å². The molecule has 6 heteroatoms. The molecular weight excluding hydrogens is 252 g/mol. The second kappa shape index (κ2) is 4.66. The highest BCUT2D eigenvalue weighted by Crippen LogP contribution is 2.34. The summed E-state index contributed by atoms with van der Waals surface area (Å²) < 4.78 is 5.17. The Balaban J connectivity index is 2.55. The van der Waals surface area contributed by atoms with E-state index in [1.54, 1.807) is 19.2 Å². The van der Waals surface area contributed by atoms with Gasteiger partial charge in [-0.1, -0.05) is 11.3 Å².